The summed E-state index contributed by atoms with van der Waals surface area (Å²) >= 11 is 0. The van der Waals surface area contributed by atoms with Crippen LogP contribution in [0, 0.1) is 0 Å². The summed E-state index contributed by atoms with van der Waals surface area (Å²) in [7, 11) is 3.24. The smallest absolute Gasteiger partial charge is 0.411 e. The van der Waals surface area contributed by atoms with Crippen molar-refractivity contribution in [1.82, 2.24) is 15.2 Å². The van der Waals surface area contributed by atoms with Gasteiger partial charge >= 0.3 is 6.09 Å². The second kappa shape index (κ2) is 6.85. The topological polar surface area (TPSA) is 77.4 Å². The summed E-state index contributed by atoms with van der Waals surface area (Å²) in [5.74, 6) is 0.413. The summed E-state index contributed by atoms with van der Waals surface area (Å²) in [6.45, 7) is 3.88. The fourth-order valence-electron chi connectivity index (χ4n) is 3.05. The van der Waals surface area contributed by atoms with Gasteiger partial charge in [-0.05, 0) is 19.4 Å². The number of hydrogen-bond acceptors (Lipinski definition) is 6. The third kappa shape index (κ3) is 3.38. The second-order valence-corrected chi connectivity index (χ2v) is 6.61. The minimum atomic E-state index is -0.929. The number of amides is 1. The zero-order valence-electron chi connectivity index (χ0n) is 14.9. The minimum Gasteiger partial charge on any atom is -0.411 e. The molecule has 2 N–H and O–H groups in total. The van der Waals surface area contributed by atoms with Crippen molar-refractivity contribution in [3.63, 3.8) is 0 Å². The SMILES string of the molecule is CC1NC(O)C(N2N=C(c3ccccc3)CC2C)=C1OC(=O)N(C)C. The highest BCUT2D eigenvalue weighted by atomic mass is 16.6. The Morgan fingerprint density at radius 3 is 2.64 bits per heavy atom. The molecule has 0 radical (unpaired) electrons. The Bertz CT molecular complexity index is 714. The molecule has 0 spiro atoms. The number of carbonyl (C=O) groups is 1. The normalized spacial score (nSPS) is 26.0. The molecule has 2 aliphatic heterocycles. The van der Waals surface area contributed by atoms with Crippen LogP contribution in [0.5, 0.6) is 0 Å². The van der Waals surface area contributed by atoms with Crippen LogP contribution in [-0.4, -0.2) is 59.2 Å². The van der Waals surface area contributed by atoms with Gasteiger partial charge in [-0.3, -0.25) is 10.3 Å². The van der Waals surface area contributed by atoms with Crippen LogP contribution < -0.4 is 5.32 Å². The van der Waals surface area contributed by atoms with E-state index >= 15 is 0 Å². The van der Waals surface area contributed by atoms with E-state index in [-0.39, 0.29) is 12.1 Å². The molecule has 7 nitrogen and oxygen atoms in total. The van der Waals surface area contributed by atoms with Crippen LogP contribution in [0.15, 0.2) is 46.9 Å². The maximum absolute atomic E-state index is 12.0. The van der Waals surface area contributed by atoms with Crippen molar-refractivity contribution >= 4 is 11.8 Å². The molecule has 7 heteroatoms. The molecule has 3 rings (SSSR count). The molecule has 0 bridgehead atoms. The Morgan fingerprint density at radius 1 is 1.32 bits per heavy atom. The summed E-state index contributed by atoms with van der Waals surface area (Å²) in [4.78, 5) is 13.3. The van der Waals surface area contributed by atoms with Crippen LogP contribution in [0.4, 0.5) is 4.79 Å². The highest BCUT2D eigenvalue weighted by Gasteiger charge is 2.39. The molecule has 0 fully saturated rings. The van der Waals surface area contributed by atoms with Crippen molar-refractivity contribution in [2.45, 2.75) is 38.6 Å². The van der Waals surface area contributed by atoms with Crippen LogP contribution >= 0.6 is 0 Å². The van der Waals surface area contributed by atoms with Crippen molar-refractivity contribution < 1.29 is 14.6 Å². The number of ether oxygens (including phenoxy) is 1. The van der Waals surface area contributed by atoms with Gasteiger partial charge < -0.3 is 14.7 Å². The summed E-state index contributed by atoms with van der Waals surface area (Å²) in [5, 5.41) is 19.9. The number of hydrogen-bond donors (Lipinski definition) is 2. The molecule has 0 saturated heterocycles. The number of nitrogens with zero attached hydrogens (tertiary/aromatic N) is 3. The minimum absolute atomic E-state index is 0.0556. The van der Waals surface area contributed by atoms with E-state index in [1.54, 1.807) is 19.1 Å². The number of nitrogens with one attached hydrogen (secondary N) is 1. The van der Waals surface area contributed by atoms with Gasteiger partial charge in [-0.2, -0.15) is 5.10 Å². The third-order valence-corrected chi connectivity index (χ3v) is 4.36. The Kier molecular flexibility index (Phi) is 4.78. The lowest BCUT2D eigenvalue weighted by molar-refractivity contribution is 0.130. The van der Waals surface area contributed by atoms with Gasteiger partial charge in [0.1, 0.15) is 5.70 Å². The second-order valence-electron chi connectivity index (χ2n) is 6.61. The number of rotatable bonds is 3. The van der Waals surface area contributed by atoms with Gasteiger partial charge in [-0.15, -0.1) is 0 Å². The van der Waals surface area contributed by atoms with Crippen LogP contribution in [0.1, 0.15) is 25.8 Å². The Hall–Kier alpha value is -2.38. The fraction of sp³-hybridized carbons (Fsp3) is 0.444. The van der Waals surface area contributed by atoms with E-state index in [4.69, 9.17) is 9.84 Å². The molecular weight excluding hydrogens is 320 g/mol. The van der Waals surface area contributed by atoms with E-state index in [1.165, 1.54) is 4.90 Å². The standard InChI is InChI=1S/C18H24N4O3/c1-11-10-14(13-8-6-5-7-9-13)20-22(11)15-16(12(2)19-17(15)23)25-18(24)21(3)4/h5-9,11-12,17,19,23H,10H2,1-4H3. The van der Waals surface area contributed by atoms with Crippen molar-refractivity contribution in [2.75, 3.05) is 14.1 Å². The molecule has 0 saturated carbocycles. The molecule has 3 unspecified atom stereocenters. The quantitative estimate of drug-likeness (QED) is 0.873. The first-order chi connectivity index (χ1) is 11.9. The predicted molar refractivity (Wildman–Crippen MR) is 94.7 cm³/mol. The van der Waals surface area contributed by atoms with Crippen molar-refractivity contribution in [3.05, 3.63) is 47.4 Å². The van der Waals surface area contributed by atoms with Crippen LogP contribution in [-0.2, 0) is 4.74 Å². The molecular formula is C18H24N4O3. The number of aliphatic hydroxyl groups is 1. The molecule has 2 heterocycles. The van der Waals surface area contributed by atoms with Crippen LogP contribution in [0.25, 0.3) is 0 Å². The van der Waals surface area contributed by atoms with Gasteiger partial charge in [-0.25, -0.2) is 4.79 Å². The fourth-order valence-corrected chi connectivity index (χ4v) is 3.05. The molecule has 3 atom stereocenters. The van der Waals surface area contributed by atoms with E-state index in [2.05, 4.69) is 5.32 Å². The lowest BCUT2D eigenvalue weighted by Crippen LogP contribution is -2.35. The molecule has 1 aromatic rings. The summed E-state index contributed by atoms with van der Waals surface area (Å²) in [6, 6.07) is 9.72. The first-order valence-corrected chi connectivity index (χ1v) is 8.38. The average molecular weight is 344 g/mol. The highest BCUT2D eigenvalue weighted by molar-refractivity contribution is 6.01. The van der Waals surface area contributed by atoms with Crippen LogP contribution in [0.2, 0.25) is 0 Å². The molecule has 2 aliphatic rings. The van der Waals surface area contributed by atoms with Gasteiger partial charge in [0.25, 0.3) is 0 Å². The maximum Gasteiger partial charge on any atom is 0.414 e. The molecule has 134 valence electrons. The van der Waals surface area contributed by atoms with Gasteiger partial charge in [0.05, 0.1) is 17.8 Å². The summed E-state index contributed by atoms with van der Waals surface area (Å²) in [6.07, 6.45) is -0.653. The Labute approximate surface area is 147 Å². The predicted octanol–water partition coefficient (Wildman–Crippen LogP) is 1.70. The number of carbonyl (C=O) groups excluding carboxylic acids is 1. The molecule has 0 aromatic heterocycles. The van der Waals surface area contributed by atoms with Crippen molar-refractivity contribution in [1.29, 1.82) is 0 Å². The first-order valence-electron chi connectivity index (χ1n) is 8.38. The van der Waals surface area contributed by atoms with Crippen LogP contribution in [0.3, 0.4) is 0 Å². The first kappa shape index (κ1) is 17.4. The van der Waals surface area contributed by atoms with E-state index in [0.29, 0.717) is 11.5 Å². The zero-order valence-corrected chi connectivity index (χ0v) is 14.9. The van der Waals surface area contributed by atoms with Gasteiger partial charge in [-0.1, -0.05) is 30.3 Å². The van der Waals surface area contributed by atoms with E-state index in [1.807, 2.05) is 44.2 Å². The monoisotopic (exact) mass is 344 g/mol. The van der Waals surface area contributed by atoms with Crippen molar-refractivity contribution in [3.8, 4) is 0 Å². The molecule has 1 aromatic carbocycles. The lowest BCUT2D eigenvalue weighted by atomic mass is 10.1. The number of aliphatic hydroxyl groups excluding tert-OH is 1. The average Bonchev–Trinajstić information content (AvgIpc) is 3.08. The summed E-state index contributed by atoms with van der Waals surface area (Å²) in [5.41, 5.74) is 2.50. The Morgan fingerprint density at radius 2 is 2.00 bits per heavy atom. The lowest BCUT2D eigenvalue weighted by Gasteiger charge is -2.24. The van der Waals surface area contributed by atoms with E-state index in [9.17, 15) is 9.90 Å². The highest BCUT2D eigenvalue weighted by Crippen LogP contribution is 2.32. The third-order valence-electron chi connectivity index (χ3n) is 4.36. The number of benzene rings is 1. The summed E-state index contributed by atoms with van der Waals surface area (Å²) < 4.78 is 5.50. The Balaban J connectivity index is 1.95. The number of hydrazone groups is 1. The van der Waals surface area contributed by atoms with E-state index < -0.39 is 12.3 Å². The van der Waals surface area contributed by atoms with Gasteiger partial charge in [0.15, 0.2) is 12.0 Å². The van der Waals surface area contributed by atoms with E-state index in [0.717, 1.165) is 17.7 Å². The maximum atomic E-state index is 12.0. The van der Waals surface area contributed by atoms with Crippen molar-refractivity contribution in [2.24, 2.45) is 5.10 Å². The van der Waals surface area contributed by atoms with Gasteiger partial charge in [0.2, 0.25) is 0 Å². The molecule has 0 aliphatic carbocycles. The molecule has 25 heavy (non-hydrogen) atoms. The zero-order chi connectivity index (χ0) is 18.1. The van der Waals surface area contributed by atoms with Gasteiger partial charge in [0, 0.05) is 20.5 Å². The largest absolute Gasteiger partial charge is 0.414 e. The molecule has 1 amide bonds.